The summed E-state index contributed by atoms with van der Waals surface area (Å²) in [5, 5.41) is 2.50. The summed E-state index contributed by atoms with van der Waals surface area (Å²) in [7, 11) is 0. The third-order valence-corrected chi connectivity index (χ3v) is 5.79. The molecule has 2 aromatic heterocycles. The highest BCUT2D eigenvalue weighted by Gasteiger charge is 2.33. The maximum atomic E-state index is 13.6. The molecule has 0 amide bonds. The number of nitrogens with one attached hydrogen (secondary N) is 2. The largest absolute Gasteiger partial charge is 0.358 e. The molecule has 6 rings (SSSR count). The van der Waals surface area contributed by atoms with Crippen LogP contribution in [0.5, 0.6) is 0 Å². The van der Waals surface area contributed by atoms with Gasteiger partial charge in [0.15, 0.2) is 0 Å². The first-order valence-electron chi connectivity index (χ1n) is 9.24. The number of aromatic amines is 2. The molecule has 0 unspecified atom stereocenters. The molecule has 2 heterocycles. The van der Waals surface area contributed by atoms with Crippen molar-refractivity contribution >= 4 is 21.8 Å². The van der Waals surface area contributed by atoms with Gasteiger partial charge < -0.3 is 9.97 Å². The van der Waals surface area contributed by atoms with E-state index in [0.717, 1.165) is 23.0 Å². The number of hydrogen-bond donors (Lipinski definition) is 2. The average molecular weight is 352 g/mol. The second kappa shape index (κ2) is 5.34. The summed E-state index contributed by atoms with van der Waals surface area (Å²) in [6.07, 6.45) is 0.853. The number of H-pyrrole nitrogens is 2. The highest BCUT2D eigenvalue weighted by Crippen LogP contribution is 2.46. The van der Waals surface area contributed by atoms with Crippen molar-refractivity contribution in [2.75, 3.05) is 0 Å². The molecule has 0 bridgehead atoms. The lowest BCUT2D eigenvalue weighted by Gasteiger charge is -2.25. The van der Waals surface area contributed by atoms with Gasteiger partial charge in [-0.3, -0.25) is 0 Å². The maximum absolute atomic E-state index is 13.6. The van der Waals surface area contributed by atoms with Crippen molar-refractivity contribution < 1.29 is 4.39 Å². The lowest BCUT2D eigenvalue weighted by atomic mass is 9.78. The Bertz CT molecular complexity index is 1230. The Labute approximate surface area is 155 Å². The van der Waals surface area contributed by atoms with Crippen LogP contribution in [0.15, 0.2) is 72.8 Å². The minimum absolute atomic E-state index is 0.0802. The van der Waals surface area contributed by atoms with E-state index in [-0.39, 0.29) is 11.7 Å². The maximum Gasteiger partial charge on any atom is 0.123 e. The molecule has 130 valence electrons. The van der Waals surface area contributed by atoms with Crippen LogP contribution >= 0.6 is 0 Å². The molecule has 2 N–H and O–H groups in total. The topological polar surface area (TPSA) is 31.6 Å². The number of aromatic nitrogens is 2. The summed E-state index contributed by atoms with van der Waals surface area (Å²) in [5.41, 5.74) is 8.54. The number of rotatable bonds is 1. The fourth-order valence-electron chi connectivity index (χ4n) is 4.69. The molecule has 27 heavy (non-hydrogen) atoms. The minimum Gasteiger partial charge on any atom is -0.358 e. The predicted molar refractivity (Wildman–Crippen MR) is 107 cm³/mol. The van der Waals surface area contributed by atoms with Gasteiger partial charge in [0.25, 0.3) is 0 Å². The van der Waals surface area contributed by atoms with E-state index < -0.39 is 0 Å². The average Bonchev–Trinajstić information content (AvgIpc) is 3.24. The van der Waals surface area contributed by atoms with Gasteiger partial charge in [-0.2, -0.15) is 0 Å². The van der Waals surface area contributed by atoms with Crippen LogP contribution in [0.4, 0.5) is 4.39 Å². The summed E-state index contributed by atoms with van der Waals surface area (Å²) < 4.78 is 13.6. The normalized spacial score (nSPS) is 13.8. The van der Waals surface area contributed by atoms with Crippen LogP contribution in [-0.2, 0) is 6.42 Å². The van der Waals surface area contributed by atoms with Crippen LogP contribution in [0.1, 0.15) is 34.0 Å². The molecule has 0 atom stereocenters. The molecule has 0 aliphatic heterocycles. The number of benzene rings is 3. The number of para-hydroxylation sites is 2. The van der Waals surface area contributed by atoms with Gasteiger partial charge in [-0.15, -0.1) is 0 Å². The lowest BCUT2D eigenvalue weighted by molar-refractivity contribution is 0.626. The lowest BCUT2D eigenvalue weighted by Crippen LogP contribution is -2.13. The van der Waals surface area contributed by atoms with Crippen molar-refractivity contribution in [3.05, 3.63) is 107 Å². The molecule has 1 aliphatic carbocycles. The van der Waals surface area contributed by atoms with Gasteiger partial charge in [0.2, 0.25) is 0 Å². The van der Waals surface area contributed by atoms with Gasteiger partial charge in [-0.1, -0.05) is 48.5 Å². The molecule has 2 nitrogen and oxygen atoms in total. The zero-order chi connectivity index (χ0) is 18.0. The van der Waals surface area contributed by atoms with Crippen molar-refractivity contribution in [3.63, 3.8) is 0 Å². The molecule has 3 aromatic carbocycles. The molecule has 3 heteroatoms. The fourth-order valence-corrected chi connectivity index (χ4v) is 4.69. The SMILES string of the molecule is Fc1ccc(C2c3c([nH]c4ccccc34)Cc3[nH]c4ccccc4c32)cc1. The smallest absolute Gasteiger partial charge is 0.123 e. The van der Waals surface area contributed by atoms with Crippen molar-refractivity contribution in [2.24, 2.45) is 0 Å². The summed E-state index contributed by atoms with van der Waals surface area (Å²) in [4.78, 5) is 7.24. The Morgan fingerprint density at radius 1 is 0.667 bits per heavy atom. The van der Waals surface area contributed by atoms with Crippen molar-refractivity contribution in [2.45, 2.75) is 12.3 Å². The van der Waals surface area contributed by atoms with Gasteiger partial charge in [0.1, 0.15) is 5.82 Å². The molecule has 0 radical (unpaired) electrons. The molecule has 0 saturated heterocycles. The summed E-state index contributed by atoms with van der Waals surface area (Å²) >= 11 is 0. The molecule has 5 aromatic rings. The molecular formula is C24H17FN2. The van der Waals surface area contributed by atoms with Crippen molar-refractivity contribution in [3.8, 4) is 0 Å². The third-order valence-electron chi connectivity index (χ3n) is 5.79. The zero-order valence-corrected chi connectivity index (χ0v) is 14.6. The van der Waals surface area contributed by atoms with E-state index in [4.69, 9.17) is 0 Å². The van der Waals surface area contributed by atoms with Crippen molar-refractivity contribution in [1.82, 2.24) is 9.97 Å². The predicted octanol–water partition coefficient (Wildman–Crippen LogP) is 5.87. The molecular weight excluding hydrogens is 335 g/mol. The summed E-state index contributed by atoms with van der Waals surface area (Å²) in [6.45, 7) is 0. The van der Waals surface area contributed by atoms with Crippen molar-refractivity contribution in [1.29, 1.82) is 0 Å². The molecule has 1 aliphatic rings. The summed E-state index contributed by atoms with van der Waals surface area (Å²) in [6, 6.07) is 23.9. The molecule has 0 fully saturated rings. The minimum atomic E-state index is -0.201. The fraction of sp³-hybridized carbons (Fsp3) is 0.0833. The number of hydrogen-bond acceptors (Lipinski definition) is 0. The zero-order valence-electron chi connectivity index (χ0n) is 14.6. The Hall–Kier alpha value is -3.33. The first kappa shape index (κ1) is 14.8. The van der Waals surface area contributed by atoms with Crippen LogP contribution in [0.2, 0.25) is 0 Å². The van der Waals surface area contributed by atoms with Gasteiger partial charge in [0.05, 0.1) is 0 Å². The summed E-state index contributed by atoms with van der Waals surface area (Å²) in [5.74, 6) is -0.121. The van der Waals surface area contributed by atoms with Crippen LogP contribution in [0.3, 0.4) is 0 Å². The quantitative estimate of drug-likeness (QED) is 0.371. The van der Waals surface area contributed by atoms with E-state index in [1.807, 2.05) is 12.1 Å². The van der Waals surface area contributed by atoms with E-state index in [1.54, 1.807) is 12.1 Å². The highest BCUT2D eigenvalue weighted by atomic mass is 19.1. The van der Waals surface area contributed by atoms with Crippen LogP contribution in [0, 0.1) is 5.82 Å². The molecule has 0 spiro atoms. The monoisotopic (exact) mass is 352 g/mol. The second-order valence-corrected chi connectivity index (χ2v) is 7.29. The van der Waals surface area contributed by atoms with E-state index in [0.29, 0.717) is 0 Å². The number of fused-ring (bicyclic) bond motifs is 6. The number of halogens is 1. The van der Waals surface area contributed by atoms with Crippen LogP contribution in [0.25, 0.3) is 21.8 Å². The van der Waals surface area contributed by atoms with Crippen LogP contribution in [-0.4, -0.2) is 9.97 Å². The van der Waals surface area contributed by atoms with E-state index in [9.17, 15) is 4.39 Å². The Balaban J connectivity index is 1.72. The standard InChI is InChI=1S/C24H17FN2/c25-15-11-9-14(10-12-15)22-23-16-5-1-3-7-18(16)26-20(23)13-21-24(22)17-6-2-4-8-19(17)27-21/h1-12,22,26-27H,13H2. The second-order valence-electron chi connectivity index (χ2n) is 7.29. The van der Waals surface area contributed by atoms with E-state index in [2.05, 4.69) is 58.5 Å². The first-order chi connectivity index (χ1) is 13.3. The van der Waals surface area contributed by atoms with Crippen LogP contribution < -0.4 is 0 Å². The Morgan fingerprint density at radius 2 is 1.19 bits per heavy atom. The van der Waals surface area contributed by atoms with E-state index >= 15 is 0 Å². The van der Waals surface area contributed by atoms with Gasteiger partial charge in [-0.25, -0.2) is 4.39 Å². The first-order valence-corrected chi connectivity index (χ1v) is 9.24. The third kappa shape index (κ3) is 2.05. The van der Waals surface area contributed by atoms with E-state index in [1.165, 1.54) is 33.3 Å². The Kier molecular flexibility index (Phi) is 2.92. The van der Waals surface area contributed by atoms with Gasteiger partial charge in [-0.05, 0) is 41.0 Å². The molecule has 0 saturated carbocycles. The Morgan fingerprint density at radius 3 is 1.74 bits per heavy atom. The van der Waals surface area contributed by atoms with Gasteiger partial charge >= 0.3 is 0 Å². The van der Waals surface area contributed by atoms with Gasteiger partial charge in [0, 0.05) is 45.5 Å². The highest BCUT2D eigenvalue weighted by molar-refractivity contribution is 5.92.